The number of hydrogen-bond acceptors (Lipinski definition) is 1. The molecular formula is C18H37N. The molecule has 7 unspecified atom stereocenters. The summed E-state index contributed by atoms with van der Waals surface area (Å²) in [4.78, 5) is 0. The van der Waals surface area contributed by atoms with E-state index < -0.39 is 0 Å². The third kappa shape index (κ3) is 3.74. The zero-order chi connectivity index (χ0) is 14.6. The van der Waals surface area contributed by atoms with Gasteiger partial charge in [0.25, 0.3) is 0 Å². The van der Waals surface area contributed by atoms with E-state index in [9.17, 15) is 0 Å². The van der Waals surface area contributed by atoms with Crippen molar-refractivity contribution >= 4 is 0 Å². The van der Waals surface area contributed by atoms with Gasteiger partial charge in [-0.15, -0.1) is 0 Å². The Hall–Kier alpha value is -0.0400. The monoisotopic (exact) mass is 267 g/mol. The first-order valence-corrected chi connectivity index (χ1v) is 8.73. The van der Waals surface area contributed by atoms with Gasteiger partial charge in [-0.2, -0.15) is 0 Å². The average molecular weight is 268 g/mol. The van der Waals surface area contributed by atoms with Gasteiger partial charge in [0.15, 0.2) is 0 Å². The smallest absolute Gasteiger partial charge is 0.00726 e. The van der Waals surface area contributed by atoms with E-state index in [0.29, 0.717) is 6.04 Å². The van der Waals surface area contributed by atoms with Crippen molar-refractivity contribution in [1.29, 1.82) is 0 Å². The average Bonchev–Trinajstić information content (AvgIpc) is 2.44. The molecule has 0 aromatic carbocycles. The summed E-state index contributed by atoms with van der Waals surface area (Å²) in [6, 6.07) is 0.439. The van der Waals surface area contributed by atoms with Gasteiger partial charge in [-0.25, -0.2) is 0 Å². The SMILES string of the molecule is CCC(C)C1CCC(N)C(C(C)CC)C1C(C)CC. The molecule has 0 spiro atoms. The zero-order valence-corrected chi connectivity index (χ0v) is 14.2. The fourth-order valence-electron chi connectivity index (χ4n) is 4.45. The molecule has 19 heavy (non-hydrogen) atoms. The van der Waals surface area contributed by atoms with Crippen LogP contribution in [0.5, 0.6) is 0 Å². The summed E-state index contributed by atoms with van der Waals surface area (Å²) in [5, 5.41) is 0. The second-order valence-corrected chi connectivity index (χ2v) is 7.22. The highest BCUT2D eigenvalue weighted by atomic mass is 14.7. The second-order valence-electron chi connectivity index (χ2n) is 7.22. The van der Waals surface area contributed by atoms with Crippen LogP contribution in [0.15, 0.2) is 0 Å². The molecule has 1 aliphatic rings. The van der Waals surface area contributed by atoms with E-state index in [1.807, 2.05) is 0 Å². The first-order chi connectivity index (χ1) is 8.97. The van der Waals surface area contributed by atoms with Crippen LogP contribution in [0.4, 0.5) is 0 Å². The summed E-state index contributed by atoms with van der Waals surface area (Å²) in [5.41, 5.74) is 6.54. The van der Waals surface area contributed by atoms with E-state index in [4.69, 9.17) is 5.73 Å². The molecule has 0 aromatic heterocycles. The van der Waals surface area contributed by atoms with Crippen LogP contribution in [-0.2, 0) is 0 Å². The zero-order valence-electron chi connectivity index (χ0n) is 14.2. The Morgan fingerprint density at radius 3 is 1.74 bits per heavy atom. The molecule has 0 aliphatic heterocycles. The largest absolute Gasteiger partial charge is 0.327 e. The van der Waals surface area contributed by atoms with E-state index in [2.05, 4.69) is 41.5 Å². The van der Waals surface area contributed by atoms with E-state index in [0.717, 1.165) is 35.5 Å². The fourth-order valence-corrected chi connectivity index (χ4v) is 4.45. The van der Waals surface area contributed by atoms with E-state index >= 15 is 0 Å². The van der Waals surface area contributed by atoms with Crippen LogP contribution in [0.2, 0.25) is 0 Å². The molecule has 1 saturated carbocycles. The normalized spacial score (nSPS) is 36.8. The topological polar surface area (TPSA) is 26.0 Å². The Morgan fingerprint density at radius 2 is 1.26 bits per heavy atom. The van der Waals surface area contributed by atoms with Crippen molar-refractivity contribution in [3.8, 4) is 0 Å². The molecule has 1 fully saturated rings. The molecule has 1 aliphatic carbocycles. The summed E-state index contributed by atoms with van der Waals surface area (Å²) >= 11 is 0. The lowest BCUT2D eigenvalue weighted by molar-refractivity contribution is 0.0159. The number of hydrogen-bond donors (Lipinski definition) is 1. The molecule has 1 rings (SSSR count). The van der Waals surface area contributed by atoms with Crippen LogP contribution in [-0.4, -0.2) is 6.04 Å². The maximum atomic E-state index is 6.54. The molecule has 1 heteroatoms. The van der Waals surface area contributed by atoms with E-state index in [-0.39, 0.29) is 0 Å². The molecule has 0 heterocycles. The third-order valence-corrected chi connectivity index (χ3v) is 6.24. The van der Waals surface area contributed by atoms with Crippen molar-refractivity contribution in [3.05, 3.63) is 0 Å². The van der Waals surface area contributed by atoms with Crippen molar-refractivity contribution in [2.75, 3.05) is 0 Å². The highest BCUT2D eigenvalue weighted by Gasteiger charge is 2.43. The third-order valence-electron chi connectivity index (χ3n) is 6.24. The van der Waals surface area contributed by atoms with Gasteiger partial charge in [-0.05, 0) is 48.3 Å². The second kappa shape index (κ2) is 7.67. The number of rotatable bonds is 6. The molecule has 2 N–H and O–H groups in total. The van der Waals surface area contributed by atoms with Crippen molar-refractivity contribution in [2.45, 2.75) is 79.7 Å². The Balaban J connectivity index is 3.01. The molecular weight excluding hydrogens is 230 g/mol. The number of nitrogens with two attached hydrogens (primary N) is 1. The Bertz CT molecular complexity index is 246. The quantitative estimate of drug-likeness (QED) is 0.712. The highest BCUT2D eigenvalue weighted by Crippen LogP contribution is 2.47. The van der Waals surface area contributed by atoms with Crippen LogP contribution >= 0.6 is 0 Å². The van der Waals surface area contributed by atoms with E-state index in [1.54, 1.807) is 0 Å². The summed E-state index contributed by atoms with van der Waals surface area (Å²) in [7, 11) is 0. The van der Waals surface area contributed by atoms with Gasteiger partial charge in [0.05, 0.1) is 0 Å². The van der Waals surface area contributed by atoms with Gasteiger partial charge in [0.1, 0.15) is 0 Å². The van der Waals surface area contributed by atoms with Crippen LogP contribution < -0.4 is 5.73 Å². The maximum Gasteiger partial charge on any atom is 0.00726 e. The molecule has 0 bridgehead atoms. The molecule has 1 nitrogen and oxygen atoms in total. The minimum atomic E-state index is 0.439. The Kier molecular flexibility index (Phi) is 6.86. The molecule has 0 radical (unpaired) electrons. The van der Waals surface area contributed by atoms with Crippen molar-refractivity contribution in [1.82, 2.24) is 0 Å². The minimum Gasteiger partial charge on any atom is -0.327 e. The van der Waals surface area contributed by atoms with Crippen molar-refractivity contribution in [2.24, 2.45) is 41.2 Å². The van der Waals surface area contributed by atoms with Gasteiger partial charge in [-0.1, -0.05) is 60.8 Å². The molecule has 7 atom stereocenters. The fraction of sp³-hybridized carbons (Fsp3) is 1.00. The van der Waals surface area contributed by atoms with Crippen LogP contribution in [0.25, 0.3) is 0 Å². The lowest BCUT2D eigenvalue weighted by Crippen LogP contribution is -2.49. The van der Waals surface area contributed by atoms with Crippen LogP contribution in [0.1, 0.15) is 73.6 Å². The van der Waals surface area contributed by atoms with Gasteiger partial charge < -0.3 is 5.73 Å². The maximum absolute atomic E-state index is 6.54. The Labute approximate surface area is 121 Å². The standard InChI is InChI=1S/C18H37N/c1-7-12(4)15-10-11-16(19)18(14(6)9-3)17(15)13(5)8-2/h12-18H,7-11,19H2,1-6H3. The van der Waals surface area contributed by atoms with Gasteiger partial charge in [0.2, 0.25) is 0 Å². The summed E-state index contributed by atoms with van der Waals surface area (Å²) in [5.74, 6) is 4.95. The Morgan fingerprint density at radius 1 is 0.789 bits per heavy atom. The molecule has 0 amide bonds. The van der Waals surface area contributed by atoms with Crippen LogP contribution in [0.3, 0.4) is 0 Å². The minimum absolute atomic E-state index is 0.439. The highest BCUT2D eigenvalue weighted by molar-refractivity contribution is 4.94. The van der Waals surface area contributed by atoms with Crippen molar-refractivity contribution < 1.29 is 0 Å². The first kappa shape index (κ1) is 17.0. The van der Waals surface area contributed by atoms with Gasteiger partial charge in [0, 0.05) is 6.04 Å². The molecule has 0 aromatic rings. The van der Waals surface area contributed by atoms with Crippen molar-refractivity contribution in [3.63, 3.8) is 0 Å². The predicted molar refractivity (Wildman–Crippen MR) is 86.0 cm³/mol. The predicted octanol–water partition coefficient (Wildman–Crippen LogP) is 5.09. The summed E-state index contributed by atoms with van der Waals surface area (Å²) in [6.07, 6.45) is 6.50. The molecule has 114 valence electrons. The first-order valence-electron chi connectivity index (χ1n) is 8.73. The lowest BCUT2D eigenvalue weighted by atomic mass is 9.57. The lowest BCUT2D eigenvalue weighted by Gasteiger charge is -2.49. The summed E-state index contributed by atoms with van der Waals surface area (Å²) < 4.78 is 0. The van der Waals surface area contributed by atoms with E-state index in [1.165, 1.54) is 32.1 Å². The van der Waals surface area contributed by atoms with Gasteiger partial charge >= 0.3 is 0 Å². The van der Waals surface area contributed by atoms with Crippen LogP contribution in [0, 0.1) is 35.5 Å². The van der Waals surface area contributed by atoms with Gasteiger partial charge in [-0.3, -0.25) is 0 Å². The summed E-state index contributed by atoms with van der Waals surface area (Å²) in [6.45, 7) is 14.4. The molecule has 0 saturated heterocycles.